The zero-order valence-corrected chi connectivity index (χ0v) is 23.7. The fourth-order valence-electron chi connectivity index (χ4n) is 5.05. The van der Waals surface area contributed by atoms with Crippen molar-refractivity contribution in [2.24, 2.45) is 11.5 Å². The fraction of sp³-hybridized carbons (Fsp3) is 0.480. The molecule has 44 heavy (non-hydrogen) atoms. The van der Waals surface area contributed by atoms with Gasteiger partial charge in [0, 0.05) is 17.1 Å². The largest absolute Gasteiger partial charge is 0.490 e. The van der Waals surface area contributed by atoms with Gasteiger partial charge < -0.3 is 61.3 Å². The molecule has 238 valence electrons. The summed E-state index contributed by atoms with van der Waals surface area (Å²) < 4.78 is 22.5. The summed E-state index contributed by atoms with van der Waals surface area (Å²) in [6, 6.07) is 3.17. The summed E-state index contributed by atoms with van der Waals surface area (Å²) in [5, 5.41) is 53.9. The van der Waals surface area contributed by atoms with E-state index in [0.717, 1.165) is 7.11 Å². The van der Waals surface area contributed by atoms with Gasteiger partial charge in [0.25, 0.3) is 11.5 Å². The standard InChI is InChI=1S/C25H30ClN7O11/c1-41-24(40)25(23(28)39)18(27)17(37)21(44-25)33-8-32-13-19(30-7-31-20(13)33)29-5-9-4-10(26)2-3-11(9)42-6-12-14(34)15(35)16(36)22(38)43-12/h2-4,7-8,12,14-18,21-22,34-38H,5-6,27H2,1H3,(H2,28,39)(H,29,30,31)/t12?,14?,15?,16?,17-,18+,21-,22?,25+/m1/s1. The number of ether oxygens (including phenoxy) is 4. The van der Waals surface area contributed by atoms with Crippen molar-refractivity contribution in [3.63, 3.8) is 0 Å². The van der Waals surface area contributed by atoms with Gasteiger partial charge in [-0.1, -0.05) is 11.6 Å². The first-order valence-electron chi connectivity index (χ1n) is 13.1. The molecule has 0 aliphatic carbocycles. The van der Waals surface area contributed by atoms with Crippen LogP contribution in [-0.4, -0.2) is 119 Å². The van der Waals surface area contributed by atoms with Gasteiger partial charge in [0.1, 0.15) is 49.2 Å². The normalized spacial score (nSPS) is 32.0. The molecule has 4 heterocycles. The Hall–Kier alpha value is -3.72. The monoisotopic (exact) mass is 639 g/mol. The lowest BCUT2D eigenvalue weighted by Crippen LogP contribution is -2.62. The molecule has 2 fully saturated rings. The van der Waals surface area contributed by atoms with Gasteiger partial charge in [-0.2, -0.15) is 0 Å². The van der Waals surface area contributed by atoms with Crippen molar-refractivity contribution in [3.05, 3.63) is 41.4 Å². The number of aliphatic hydroxyl groups is 5. The summed E-state index contributed by atoms with van der Waals surface area (Å²) in [4.78, 5) is 37.4. The highest BCUT2D eigenvalue weighted by Gasteiger charge is 2.64. The maximum Gasteiger partial charge on any atom is 0.349 e. The minimum atomic E-state index is -2.46. The maximum absolute atomic E-state index is 12.5. The first-order chi connectivity index (χ1) is 20.9. The number of nitrogens with one attached hydrogen (secondary N) is 1. The van der Waals surface area contributed by atoms with Crippen molar-refractivity contribution >= 4 is 40.5 Å². The highest BCUT2D eigenvalue weighted by molar-refractivity contribution is 6.30. The number of methoxy groups -OCH3 is 1. The predicted octanol–water partition coefficient (Wildman–Crippen LogP) is -3.12. The van der Waals surface area contributed by atoms with Gasteiger partial charge in [-0.05, 0) is 18.2 Å². The van der Waals surface area contributed by atoms with Crippen LogP contribution in [0.1, 0.15) is 11.8 Å². The molecule has 2 aliphatic rings. The second kappa shape index (κ2) is 12.3. The molecule has 5 rings (SSSR count). The number of nitrogens with two attached hydrogens (primary N) is 2. The highest BCUT2D eigenvalue weighted by Crippen LogP contribution is 2.38. The Morgan fingerprint density at radius 1 is 1.11 bits per heavy atom. The Labute approximate surface area is 253 Å². The van der Waals surface area contributed by atoms with E-state index >= 15 is 0 Å². The minimum Gasteiger partial charge on any atom is -0.490 e. The lowest BCUT2D eigenvalue weighted by molar-refractivity contribution is -0.285. The third-order valence-corrected chi connectivity index (χ3v) is 7.72. The molecule has 2 aliphatic heterocycles. The Morgan fingerprint density at radius 2 is 1.86 bits per heavy atom. The number of imidazole rings is 1. The fourth-order valence-corrected chi connectivity index (χ4v) is 5.25. The molecule has 9 atom stereocenters. The maximum atomic E-state index is 12.5. The summed E-state index contributed by atoms with van der Waals surface area (Å²) >= 11 is 6.20. The summed E-state index contributed by atoms with van der Waals surface area (Å²) in [5.74, 6) is -1.87. The van der Waals surface area contributed by atoms with Crippen LogP contribution in [0.4, 0.5) is 5.82 Å². The number of benzene rings is 1. The molecule has 1 amide bonds. The van der Waals surface area contributed by atoms with Crippen molar-refractivity contribution < 1.29 is 54.1 Å². The number of carbonyl (C=O) groups excluding carboxylic acids is 2. The van der Waals surface area contributed by atoms with Crippen LogP contribution in [0.25, 0.3) is 11.2 Å². The third-order valence-electron chi connectivity index (χ3n) is 7.48. The van der Waals surface area contributed by atoms with Gasteiger partial charge in [0.15, 0.2) is 29.5 Å². The van der Waals surface area contributed by atoms with Crippen LogP contribution >= 0.6 is 11.6 Å². The van der Waals surface area contributed by atoms with Crippen molar-refractivity contribution in [1.29, 1.82) is 0 Å². The van der Waals surface area contributed by atoms with Crippen molar-refractivity contribution in [2.45, 2.75) is 61.2 Å². The third kappa shape index (κ3) is 5.40. The zero-order chi connectivity index (χ0) is 31.9. The second-order valence-corrected chi connectivity index (χ2v) is 10.6. The number of rotatable bonds is 9. The average molecular weight is 640 g/mol. The number of hydrogen-bond acceptors (Lipinski definition) is 16. The molecule has 0 saturated carbocycles. The van der Waals surface area contributed by atoms with Gasteiger partial charge in [0.2, 0.25) is 0 Å². The number of aromatic nitrogens is 4. The molecule has 0 bridgehead atoms. The number of amides is 1. The molecule has 10 N–H and O–H groups in total. The van der Waals surface area contributed by atoms with Crippen LogP contribution in [0, 0.1) is 0 Å². The summed E-state index contributed by atoms with van der Waals surface area (Å²) in [5.41, 5.74) is 9.88. The molecule has 1 aromatic carbocycles. The van der Waals surface area contributed by atoms with Gasteiger partial charge in [-0.15, -0.1) is 0 Å². The number of carbonyl (C=O) groups is 2. The number of primary amides is 1. The summed E-state index contributed by atoms with van der Waals surface area (Å²) in [6.07, 6.45) is -8.24. The Morgan fingerprint density at radius 3 is 2.57 bits per heavy atom. The van der Waals surface area contributed by atoms with Crippen molar-refractivity contribution in [3.8, 4) is 5.75 Å². The number of esters is 1. The Balaban J connectivity index is 1.35. The van der Waals surface area contributed by atoms with E-state index in [2.05, 4.69) is 25.0 Å². The van der Waals surface area contributed by atoms with E-state index in [1.54, 1.807) is 18.2 Å². The molecular weight excluding hydrogens is 610 g/mol. The molecule has 2 aromatic heterocycles. The van der Waals surface area contributed by atoms with E-state index in [0.29, 0.717) is 16.3 Å². The SMILES string of the molecule is COC(=O)[C@]1(C(N)=O)O[C@@H](n2cnc3c(NCc4cc(Cl)ccc4OCC4OC(O)C(O)C(O)C4O)ncnc32)[C@H](O)[C@@H]1N. The molecule has 5 unspecified atom stereocenters. The van der Waals surface area contributed by atoms with Gasteiger partial charge in [0.05, 0.1) is 19.5 Å². The molecule has 18 nitrogen and oxygen atoms in total. The van der Waals surface area contributed by atoms with Crippen LogP contribution in [0.5, 0.6) is 5.75 Å². The predicted molar refractivity (Wildman–Crippen MR) is 147 cm³/mol. The van der Waals surface area contributed by atoms with Crippen molar-refractivity contribution in [2.75, 3.05) is 19.0 Å². The highest BCUT2D eigenvalue weighted by atomic mass is 35.5. The minimum absolute atomic E-state index is 0.0768. The number of anilines is 1. The number of fused-ring (bicyclic) bond motifs is 1. The summed E-state index contributed by atoms with van der Waals surface area (Å²) in [7, 11) is 1.02. The zero-order valence-electron chi connectivity index (χ0n) is 22.9. The van der Waals surface area contributed by atoms with Gasteiger partial charge in [-0.25, -0.2) is 19.7 Å². The average Bonchev–Trinajstić information content (AvgIpc) is 3.55. The van der Waals surface area contributed by atoms with Crippen molar-refractivity contribution in [1.82, 2.24) is 19.5 Å². The number of halogens is 1. The van der Waals surface area contributed by atoms with Crippen LogP contribution in [-0.2, 0) is 30.3 Å². The number of aliphatic hydroxyl groups excluding tert-OH is 5. The van der Waals surface area contributed by atoms with E-state index in [1.807, 2.05) is 0 Å². The van der Waals surface area contributed by atoms with E-state index in [1.165, 1.54) is 17.2 Å². The number of hydrogen-bond donors (Lipinski definition) is 8. The topological polar surface area (TPSA) is 280 Å². The van der Waals surface area contributed by atoms with E-state index in [9.17, 15) is 35.1 Å². The lowest BCUT2D eigenvalue weighted by atomic mass is 9.92. The summed E-state index contributed by atoms with van der Waals surface area (Å²) in [6.45, 7) is -0.212. The smallest absolute Gasteiger partial charge is 0.349 e. The molecule has 0 radical (unpaired) electrons. The second-order valence-electron chi connectivity index (χ2n) is 10.1. The van der Waals surface area contributed by atoms with Crippen LogP contribution < -0.4 is 21.5 Å². The van der Waals surface area contributed by atoms with E-state index in [4.69, 9.17) is 37.3 Å². The first kappa shape index (κ1) is 31.7. The van der Waals surface area contributed by atoms with E-state index in [-0.39, 0.29) is 30.1 Å². The van der Waals surface area contributed by atoms with E-state index < -0.39 is 66.6 Å². The van der Waals surface area contributed by atoms with Crippen LogP contribution in [0.15, 0.2) is 30.9 Å². The molecular formula is C25H30ClN7O11. The quantitative estimate of drug-likeness (QED) is 0.0849. The van der Waals surface area contributed by atoms with Gasteiger partial charge in [-0.3, -0.25) is 9.36 Å². The first-order valence-corrected chi connectivity index (χ1v) is 13.5. The van der Waals surface area contributed by atoms with Gasteiger partial charge >= 0.3 is 5.97 Å². The molecule has 2 saturated heterocycles. The Bertz CT molecular complexity index is 1550. The van der Waals surface area contributed by atoms with Crippen LogP contribution in [0.3, 0.4) is 0 Å². The molecule has 3 aromatic rings. The molecule has 19 heteroatoms. The Kier molecular flexibility index (Phi) is 8.89. The molecule has 0 spiro atoms. The van der Waals surface area contributed by atoms with Crippen LogP contribution in [0.2, 0.25) is 5.02 Å². The lowest BCUT2D eigenvalue weighted by Gasteiger charge is -2.38. The number of nitrogens with zero attached hydrogens (tertiary/aromatic N) is 4.